The summed E-state index contributed by atoms with van der Waals surface area (Å²) in [5.74, 6) is 0.173. The topological polar surface area (TPSA) is 60.7 Å². The number of hydrogen-bond donors (Lipinski definition) is 2. The van der Waals surface area contributed by atoms with E-state index < -0.39 is 0 Å². The first kappa shape index (κ1) is 16.9. The standard InChI is InChI=1S/C16H17N4O.Y/c1-3-21-15(17)11-4-6-12(7-5-11)16-18-13-8-9-20(2)10-14(13)19-16;/h4-6,8-10,16-17,19H,3H2,1-2H3;/q-1;. The molecule has 2 aliphatic heterocycles. The number of rotatable bonds is 3. The van der Waals surface area contributed by atoms with Crippen LogP contribution in [0.2, 0.25) is 0 Å². The molecule has 6 heteroatoms. The summed E-state index contributed by atoms with van der Waals surface area (Å²) >= 11 is 0. The molecule has 0 bridgehead atoms. The Morgan fingerprint density at radius 3 is 3.00 bits per heavy atom. The Balaban J connectivity index is 0.00000176. The molecule has 0 aliphatic carbocycles. The van der Waals surface area contributed by atoms with Crippen molar-refractivity contribution in [3.8, 4) is 0 Å². The maximum atomic E-state index is 7.75. The van der Waals surface area contributed by atoms with E-state index in [1.54, 1.807) is 6.07 Å². The van der Waals surface area contributed by atoms with E-state index in [2.05, 4.69) is 16.4 Å². The maximum absolute atomic E-state index is 7.75. The van der Waals surface area contributed by atoms with E-state index in [1.807, 2.05) is 49.5 Å². The van der Waals surface area contributed by atoms with Gasteiger partial charge in [-0.3, -0.25) is 10.4 Å². The molecule has 0 saturated heterocycles. The van der Waals surface area contributed by atoms with Gasteiger partial charge in [0.2, 0.25) is 0 Å². The van der Waals surface area contributed by atoms with Gasteiger partial charge in [-0.15, -0.1) is 5.56 Å². The second kappa shape index (κ2) is 7.20. The van der Waals surface area contributed by atoms with Crippen LogP contribution in [0.1, 0.15) is 24.2 Å². The molecular weight excluding hydrogens is 353 g/mol. The number of aliphatic imine (C=N–C) groups is 1. The van der Waals surface area contributed by atoms with Crippen molar-refractivity contribution in [3.63, 3.8) is 0 Å². The molecule has 0 fully saturated rings. The zero-order chi connectivity index (χ0) is 14.8. The fourth-order valence-corrected chi connectivity index (χ4v) is 2.26. The molecule has 1 atom stereocenters. The molecule has 1 aromatic rings. The van der Waals surface area contributed by atoms with Gasteiger partial charge >= 0.3 is 0 Å². The van der Waals surface area contributed by atoms with Gasteiger partial charge in [-0.1, -0.05) is 5.56 Å². The number of nitrogens with one attached hydrogen (secondary N) is 2. The first-order valence-electron chi connectivity index (χ1n) is 6.87. The van der Waals surface area contributed by atoms with Gasteiger partial charge in [0, 0.05) is 52.2 Å². The van der Waals surface area contributed by atoms with Crippen molar-refractivity contribution in [3.05, 3.63) is 59.6 Å². The van der Waals surface area contributed by atoms with Gasteiger partial charge < -0.3 is 15.0 Å². The van der Waals surface area contributed by atoms with Crippen LogP contribution >= 0.6 is 0 Å². The molecular formula is C16H17N4OY-. The Labute approximate surface area is 155 Å². The zero-order valence-corrected chi connectivity index (χ0v) is 15.5. The van der Waals surface area contributed by atoms with Crippen LogP contribution in [-0.2, 0) is 37.4 Å². The van der Waals surface area contributed by atoms with E-state index in [0.29, 0.717) is 6.61 Å². The molecule has 1 unspecified atom stereocenters. The van der Waals surface area contributed by atoms with E-state index in [4.69, 9.17) is 10.1 Å². The number of allylic oxidation sites excluding steroid dienone is 1. The molecule has 1 aromatic carbocycles. The third-order valence-corrected chi connectivity index (χ3v) is 3.32. The van der Waals surface area contributed by atoms with Crippen LogP contribution in [0.4, 0.5) is 0 Å². The Morgan fingerprint density at radius 2 is 2.32 bits per heavy atom. The number of ether oxygens (including phenoxy) is 1. The van der Waals surface area contributed by atoms with Crippen molar-refractivity contribution >= 4 is 11.6 Å². The summed E-state index contributed by atoms with van der Waals surface area (Å²) in [7, 11) is 1.98. The Hall–Kier alpha value is -1.46. The maximum Gasteiger partial charge on any atom is 0.153 e. The van der Waals surface area contributed by atoms with Crippen LogP contribution in [0.25, 0.3) is 0 Å². The summed E-state index contributed by atoms with van der Waals surface area (Å²) in [6.45, 7) is 2.36. The van der Waals surface area contributed by atoms with Crippen LogP contribution in [-0.4, -0.2) is 30.2 Å². The van der Waals surface area contributed by atoms with E-state index in [0.717, 1.165) is 22.5 Å². The van der Waals surface area contributed by atoms with E-state index in [9.17, 15) is 0 Å². The van der Waals surface area contributed by atoms with Crippen molar-refractivity contribution in [1.82, 2.24) is 10.2 Å². The largest absolute Gasteiger partial charge is 0.488 e. The Bertz CT molecular complexity index is 649. The van der Waals surface area contributed by atoms with Gasteiger partial charge in [-0.2, -0.15) is 24.3 Å². The van der Waals surface area contributed by atoms with Crippen molar-refractivity contribution in [2.75, 3.05) is 13.7 Å². The van der Waals surface area contributed by atoms with E-state index >= 15 is 0 Å². The quantitative estimate of drug-likeness (QED) is 0.487. The van der Waals surface area contributed by atoms with E-state index in [-0.39, 0.29) is 44.8 Å². The predicted octanol–water partition coefficient (Wildman–Crippen LogP) is 2.19. The molecule has 111 valence electrons. The number of benzene rings is 1. The molecule has 3 rings (SSSR count). The summed E-state index contributed by atoms with van der Waals surface area (Å²) in [5.41, 5.74) is 3.64. The van der Waals surface area contributed by atoms with Crippen molar-refractivity contribution < 1.29 is 37.4 Å². The molecule has 5 nitrogen and oxygen atoms in total. The molecule has 0 aromatic heterocycles. The molecule has 1 radical (unpaired) electrons. The predicted molar refractivity (Wildman–Crippen MR) is 82.0 cm³/mol. The molecule has 2 aliphatic rings. The minimum atomic E-state index is -0.127. The summed E-state index contributed by atoms with van der Waals surface area (Å²) < 4.78 is 5.18. The molecule has 0 spiro atoms. The van der Waals surface area contributed by atoms with Crippen molar-refractivity contribution in [2.24, 2.45) is 4.99 Å². The summed E-state index contributed by atoms with van der Waals surface area (Å²) in [5, 5.41) is 11.1. The van der Waals surface area contributed by atoms with Crippen molar-refractivity contribution in [1.29, 1.82) is 5.41 Å². The van der Waals surface area contributed by atoms with Crippen LogP contribution in [0.3, 0.4) is 0 Å². The average Bonchev–Trinajstić information content (AvgIpc) is 2.90. The molecule has 0 amide bonds. The normalized spacial score (nSPS) is 18.6. The Morgan fingerprint density at radius 1 is 1.50 bits per heavy atom. The summed E-state index contributed by atoms with van der Waals surface area (Å²) in [4.78, 5) is 6.62. The molecule has 2 N–H and O–H groups in total. The first-order chi connectivity index (χ1) is 10.2. The zero-order valence-electron chi connectivity index (χ0n) is 12.6. The monoisotopic (exact) mass is 370 g/mol. The van der Waals surface area contributed by atoms with Crippen LogP contribution in [0.5, 0.6) is 0 Å². The Kier molecular flexibility index (Phi) is 5.54. The van der Waals surface area contributed by atoms with Gasteiger partial charge in [-0.05, 0) is 13.0 Å². The van der Waals surface area contributed by atoms with Gasteiger partial charge in [0.1, 0.15) is 6.17 Å². The number of hydrogen-bond acceptors (Lipinski definition) is 5. The van der Waals surface area contributed by atoms with Crippen LogP contribution < -0.4 is 5.32 Å². The third-order valence-electron chi connectivity index (χ3n) is 3.32. The van der Waals surface area contributed by atoms with Gasteiger partial charge in [0.05, 0.1) is 18.0 Å². The SMILES string of the molecule is CCOC(=N)c1c[c-]c(C2N=C3C=CN(C)C=C3N2)cc1.[Y]. The van der Waals surface area contributed by atoms with Gasteiger partial charge in [0.15, 0.2) is 5.90 Å². The second-order valence-electron chi connectivity index (χ2n) is 4.88. The minimum Gasteiger partial charge on any atom is -0.488 e. The molecule has 2 heterocycles. The van der Waals surface area contributed by atoms with Gasteiger partial charge in [-0.25, -0.2) is 0 Å². The second-order valence-corrected chi connectivity index (χ2v) is 4.88. The summed E-state index contributed by atoms with van der Waals surface area (Å²) in [6.07, 6.45) is 5.85. The fraction of sp³-hybridized carbons (Fsp3) is 0.250. The van der Waals surface area contributed by atoms with Crippen LogP contribution in [0.15, 0.2) is 47.4 Å². The number of nitrogens with zero attached hydrogens (tertiary/aromatic N) is 2. The third kappa shape index (κ3) is 3.47. The molecule has 22 heavy (non-hydrogen) atoms. The minimum absolute atomic E-state index is 0. The molecule has 0 saturated carbocycles. The van der Waals surface area contributed by atoms with Crippen LogP contribution in [0, 0.1) is 11.5 Å². The fourth-order valence-electron chi connectivity index (χ4n) is 2.26. The van der Waals surface area contributed by atoms with Crippen molar-refractivity contribution in [2.45, 2.75) is 13.1 Å². The summed E-state index contributed by atoms with van der Waals surface area (Å²) in [6, 6.07) is 8.75. The van der Waals surface area contributed by atoms with E-state index in [1.165, 1.54) is 0 Å². The first-order valence-corrected chi connectivity index (χ1v) is 6.87. The smallest absolute Gasteiger partial charge is 0.153 e. The van der Waals surface area contributed by atoms with Gasteiger partial charge in [0.25, 0.3) is 0 Å². The number of fused-ring (bicyclic) bond motifs is 1. The average molecular weight is 370 g/mol.